The summed E-state index contributed by atoms with van der Waals surface area (Å²) >= 11 is 8.03. The van der Waals surface area contributed by atoms with Gasteiger partial charge in [-0.1, -0.05) is 48.4 Å². The SMILES string of the molecule is C.Cc1cc(C)cc(CNc2nc(Cl)c3n(c2=O)C(C(=O)NCc2cc4c(s2)CN(C(=O)OC(C)(C)C)C4)CC3)c1. The minimum absolute atomic E-state index is 0. The van der Waals surface area contributed by atoms with Gasteiger partial charge in [-0.15, -0.1) is 11.3 Å². The van der Waals surface area contributed by atoms with Gasteiger partial charge in [0.2, 0.25) is 5.91 Å². The Hall–Kier alpha value is -3.37. The normalized spacial score (nSPS) is 15.7. The third-order valence-corrected chi connectivity index (χ3v) is 8.37. The van der Waals surface area contributed by atoms with Crippen molar-refractivity contribution in [1.29, 1.82) is 0 Å². The fourth-order valence-electron chi connectivity index (χ4n) is 5.29. The van der Waals surface area contributed by atoms with E-state index in [2.05, 4.69) is 33.8 Å². The van der Waals surface area contributed by atoms with E-state index >= 15 is 0 Å². The third kappa shape index (κ3) is 6.76. The number of ether oxygens (including phenoxy) is 1. The second kappa shape index (κ2) is 11.9. The Morgan fingerprint density at radius 1 is 1.12 bits per heavy atom. The number of amides is 2. The predicted octanol–water partition coefficient (Wildman–Crippen LogP) is 5.88. The summed E-state index contributed by atoms with van der Waals surface area (Å²) in [6.07, 6.45) is 0.658. The number of thiophene rings is 1. The molecular formula is C30H38ClN5O4S. The number of hydrogen-bond donors (Lipinski definition) is 2. The summed E-state index contributed by atoms with van der Waals surface area (Å²) in [5, 5.41) is 6.35. The van der Waals surface area contributed by atoms with Crippen LogP contribution in [0.5, 0.6) is 0 Å². The van der Waals surface area contributed by atoms with Gasteiger partial charge in [0.15, 0.2) is 11.0 Å². The van der Waals surface area contributed by atoms with Gasteiger partial charge < -0.3 is 15.4 Å². The van der Waals surface area contributed by atoms with Crippen LogP contribution in [0.4, 0.5) is 10.6 Å². The Balaban J connectivity index is 0.00000387. The highest BCUT2D eigenvalue weighted by Crippen LogP contribution is 2.33. The lowest BCUT2D eigenvalue weighted by Crippen LogP contribution is -2.36. The summed E-state index contributed by atoms with van der Waals surface area (Å²) in [5.74, 6) is -0.0934. The van der Waals surface area contributed by atoms with Gasteiger partial charge in [-0.3, -0.25) is 19.1 Å². The van der Waals surface area contributed by atoms with Crippen molar-refractivity contribution in [3.05, 3.63) is 77.5 Å². The second-order valence-electron chi connectivity index (χ2n) is 11.5. The van der Waals surface area contributed by atoms with E-state index in [4.69, 9.17) is 16.3 Å². The molecule has 0 radical (unpaired) electrons. The molecule has 0 saturated heterocycles. The van der Waals surface area contributed by atoms with Gasteiger partial charge in [-0.05, 0) is 64.7 Å². The standard InChI is InChI=1S/C29H34ClN5O4S.CH4/c1-16-8-17(2)10-18(9-16)12-31-25-27(37)35-21(24(30)33-25)6-7-22(35)26(36)32-13-20-11-19-14-34(15-23(19)40-20)28(38)39-29(3,4)5;/h8-11,22H,6-7,12-15H2,1-5H3,(H,31,33)(H,32,36);1H4. The van der Waals surface area contributed by atoms with Crippen LogP contribution in [0.3, 0.4) is 0 Å². The number of rotatable bonds is 6. The van der Waals surface area contributed by atoms with Gasteiger partial charge in [0.1, 0.15) is 11.6 Å². The molecule has 9 nitrogen and oxygen atoms in total. The summed E-state index contributed by atoms with van der Waals surface area (Å²) in [6, 6.07) is 7.57. The van der Waals surface area contributed by atoms with Crippen LogP contribution in [0.25, 0.3) is 0 Å². The monoisotopic (exact) mass is 599 g/mol. The maximum absolute atomic E-state index is 13.4. The number of hydrogen-bond acceptors (Lipinski definition) is 7. The molecule has 4 heterocycles. The van der Waals surface area contributed by atoms with E-state index in [-0.39, 0.29) is 36.0 Å². The van der Waals surface area contributed by atoms with Crippen LogP contribution in [0, 0.1) is 13.8 Å². The number of fused-ring (bicyclic) bond motifs is 2. The van der Waals surface area contributed by atoms with Gasteiger partial charge in [0.05, 0.1) is 25.3 Å². The van der Waals surface area contributed by atoms with Crippen molar-refractivity contribution in [3.63, 3.8) is 0 Å². The molecule has 0 aliphatic carbocycles. The molecule has 3 aromatic rings. The van der Waals surface area contributed by atoms with E-state index in [0.717, 1.165) is 32.0 Å². The van der Waals surface area contributed by atoms with Crippen molar-refractivity contribution in [2.24, 2.45) is 0 Å². The van der Waals surface area contributed by atoms with Gasteiger partial charge in [0.25, 0.3) is 5.56 Å². The van der Waals surface area contributed by atoms with Crippen LogP contribution in [-0.4, -0.2) is 32.1 Å². The van der Waals surface area contributed by atoms with E-state index in [1.165, 1.54) is 4.57 Å². The van der Waals surface area contributed by atoms with E-state index < -0.39 is 11.6 Å². The Kier molecular flexibility index (Phi) is 8.84. The highest BCUT2D eigenvalue weighted by atomic mass is 35.5. The van der Waals surface area contributed by atoms with Crippen molar-refractivity contribution in [2.45, 2.75) is 92.7 Å². The summed E-state index contributed by atoms with van der Waals surface area (Å²) < 4.78 is 6.97. The number of aryl methyl sites for hydroxylation is 2. The quantitative estimate of drug-likeness (QED) is 0.367. The number of nitrogens with zero attached hydrogens (tertiary/aromatic N) is 3. The molecule has 0 fully saturated rings. The molecular weight excluding hydrogens is 562 g/mol. The first-order chi connectivity index (χ1) is 18.9. The highest BCUT2D eigenvalue weighted by molar-refractivity contribution is 7.12. The predicted molar refractivity (Wildman–Crippen MR) is 162 cm³/mol. The molecule has 2 N–H and O–H groups in total. The van der Waals surface area contributed by atoms with E-state index in [9.17, 15) is 14.4 Å². The van der Waals surface area contributed by atoms with Crippen LogP contribution in [0.15, 0.2) is 29.1 Å². The largest absolute Gasteiger partial charge is 0.444 e. The zero-order valence-electron chi connectivity index (χ0n) is 23.4. The Morgan fingerprint density at radius 2 is 1.83 bits per heavy atom. The molecule has 1 aromatic carbocycles. The maximum Gasteiger partial charge on any atom is 0.410 e. The average Bonchev–Trinajstić information content (AvgIpc) is 3.56. The molecule has 1 unspecified atom stereocenters. The lowest BCUT2D eigenvalue weighted by molar-refractivity contribution is -0.124. The Morgan fingerprint density at radius 3 is 2.49 bits per heavy atom. The summed E-state index contributed by atoms with van der Waals surface area (Å²) in [6.45, 7) is 11.4. The molecule has 220 valence electrons. The number of anilines is 1. The Bertz CT molecular complexity index is 1500. The molecule has 1 atom stereocenters. The fraction of sp³-hybridized carbons (Fsp3) is 0.467. The van der Waals surface area contributed by atoms with E-state index in [1.54, 1.807) is 16.2 Å². The lowest BCUT2D eigenvalue weighted by Gasteiger charge is -2.24. The molecule has 0 saturated carbocycles. The number of carbonyl (C=O) groups excluding carboxylic acids is 2. The number of aromatic nitrogens is 2. The highest BCUT2D eigenvalue weighted by Gasteiger charge is 2.33. The molecule has 0 bridgehead atoms. The van der Waals surface area contributed by atoms with Gasteiger partial charge >= 0.3 is 6.09 Å². The first-order valence-corrected chi connectivity index (χ1v) is 14.6. The first-order valence-electron chi connectivity index (χ1n) is 13.4. The zero-order valence-corrected chi connectivity index (χ0v) is 25.0. The molecule has 2 aliphatic heterocycles. The molecule has 5 rings (SSSR count). The molecule has 11 heteroatoms. The molecule has 41 heavy (non-hydrogen) atoms. The van der Waals surface area contributed by atoms with Crippen molar-refractivity contribution in [2.75, 3.05) is 5.32 Å². The molecule has 2 amide bonds. The molecule has 2 aliphatic rings. The summed E-state index contributed by atoms with van der Waals surface area (Å²) in [7, 11) is 0. The summed E-state index contributed by atoms with van der Waals surface area (Å²) in [4.78, 5) is 47.1. The van der Waals surface area contributed by atoms with E-state index in [0.29, 0.717) is 44.7 Å². The van der Waals surface area contributed by atoms with Crippen molar-refractivity contribution >= 4 is 40.8 Å². The van der Waals surface area contributed by atoms with E-state index in [1.807, 2.05) is 40.7 Å². The number of carbonyl (C=O) groups is 2. The maximum atomic E-state index is 13.4. The average molecular weight is 600 g/mol. The molecule has 2 aromatic heterocycles. The minimum Gasteiger partial charge on any atom is -0.444 e. The number of nitrogens with one attached hydrogen (secondary N) is 2. The van der Waals surface area contributed by atoms with Crippen LogP contribution in [-0.2, 0) is 42.1 Å². The van der Waals surface area contributed by atoms with Gasteiger partial charge in [-0.2, -0.15) is 0 Å². The van der Waals surface area contributed by atoms with Crippen LogP contribution in [0.2, 0.25) is 5.15 Å². The van der Waals surface area contributed by atoms with Crippen molar-refractivity contribution in [3.8, 4) is 0 Å². The smallest absolute Gasteiger partial charge is 0.410 e. The third-order valence-electron chi connectivity index (χ3n) is 6.90. The van der Waals surface area contributed by atoms with Crippen molar-refractivity contribution in [1.82, 2.24) is 19.8 Å². The van der Waals surface area contributed by atoms with Gasteiger partial charge in [0, 0.05) is 16.3 Å². The topological polar surface area (TPSA) is 106 Å². The van der Waals surface area contributed by atoms with Gasteiger partial charge in [-0.25, -0.2) is 9.78 Å². The number of halogens is 1. The fourth-order valence-corrected chi connectivity index (χ4v) is 6.70. The lowest BCUT2D eigenvalue weighted by atomic mass is 10.1. The van der Waals surface area contributed by atoms with Crippen LogP contribution < -0.4 is 16.2 Å². The first kappa shape index (κ1) is 30.6. The number of benzene rings is 1. The van der Waals surface area contributed by atoms with Crippen LogP contribution in [0.1, 0.15) is 78.4 Å². The zero-order chi connectivity index (χ0) is 28.8. The van der Waals surface area contributed by atoms with Crippen LogP contribution >= 0.6 is 22.9 Å². The minimum atomic E-state index is -0.653. The van der Waals surface area contributed by atoms with Crippen molar-refractivity contribution < 1.29 is 14.3 Å². The Labute approximate surface area is 249 Å². The summed E-state index contributed by atoms with van der Waals surface area (Å²) in [5.41, 5.74) is 4.08. The molecule has 0 spiro atoms. The second-order valence-corrected chi connectivity index (χ2v) is 13.1.